The van der Waals surface area contributed by atoms with Gasteiger partial charge in [0.1, 0.15) is 11.8 Å². The Morgan fingerprint density at radius 3 is 2.73 bits per heavy atom. The summed E-state index contributed by atoms with van der Waals surface area (Å²) in [5.41, 5.74) is 3.24. The molecule has 0 spiro atoms. The molecule has 0 radical (unpaired) electrons. The van der Waals surface area contributed by atoms with Gasteiger partial charge in [-0.15, -0.1) is 0 Å². The van der Waals surface area contributed by atoms with Gasteiger partial charge in [-0.25, -0.2) is 0 Å². The number of nitriles is 1. The van der Waals surface area contributed by atoms with Crippen molar-refractivity contribution in [3.63, 3.8) is 0 Å². The average Bonchev–Trinajstić information content (AvgIpc) is 2.59. The van der Waals surface area contributed by atoms with E-state index >= 15 is 0 Å². The fourth-order valence-corrected chi connectivity index (χ4v) is 2.45. The van der Waals surface area contributed by atoms with Crippen molar-refractivity contribution >= 4 is 16.6 Å². The maximum atomic E-state index is 9.32. The van der Waals surface area contributed by atoms with Gasteiger partial charge in [0.25, 0.3) is 0 Å². The van der Waals surface area contributed by atoms with Crippen LogP contribution in [0.3, 0.4) is 0 Å². The summed E-state index contributed by atoms with van der Waals surface area (Å²) >= 11 is 0. The van der Waals surface area contributed by atoms with Crippen LogP contribution in [0.15, 0.2) is 54.7 Å². The number of hydrogen-bond donors (Lipinski definition) is 1. The lowest BCUT2D eigenvalue weighted by Gasteiger charge is -2.13. The van der Waals surface area contributed by atoms with E-state index in [0.29, 0.717) is 12.1 Å². The van der Waals surface area contributed by atoms with E-state index in [1.807, 2.05) is 48.5 Å². The van der Waals surface area contributed by atoms with Gasteiger partial charge in [0.05, 0.1) is 23.9 Å². The number of rotatable bonds is 4. The van der Waals surface area contributed by atoms with Crippen LogP contribution >= 0.6 is 0 Å². The summed E-state index contributed by atoms with van der Waals surface area (Å²) in [6.45, 7) is 0.576. The normalized spacial score (nSPS) is 10.2. The molecule has 0 bridgehead atoms. The number of nitrogens with one attached hydrogen (secondary N) is 1. The second-order valence-corrected chi connectivity index (χ2v) is 4.84. The summed E-state index contributed by atoms with van der Waals surface area (Å²) in [7, 11) is 1.65. The third kappa shape index (κ3) is 2.57. The molecule has 1 aromatic heterocycles. The molecule has 0 saturated carbocycles. The number of para-hydroxylation sites is 2. The molecule has 0 fully saturated rings. The van der Waals surface area contributed by atoms with Crippen LogP contribution in [0.4, 0.5) is 5.69 Å². The van der Waals surface area contributed by atoms with Crippen LogP contribution in [0, 0.1) is 11.3 Å². The van der Waals surface area contributed by atoms with Gasteiger partial charge in [0, 0.05) is 23.7 Å². The highest BCUT2D eigenvalue weighted by molar-refractivity contribution is 5.93. The van der Waals surface area contributed by atoms with Crippen LogP contribution in [0.2, 0.25) is 0 Å². The highest BCUT2D eigenvalue weighted by Crippen LogP contribution is 2.27. The largest absolute Gasteiger partial charge is 0.496 e. The van der Waals surface area contributed by atoms with E-state index in [-0.39, 0.29) is 0 Å². The maximum Gasteiger partial charge on any atom is 0.123 e. The minimum Gasteiger partial charge on any atom is -0.496 e. The van der Waals surface area contributed by atoms with Crippen molar-refractivity contribution in [1.82, 2.24) is 4.98 Å². The summed E-state index contributed by atoms with van der Waals surface area (Å²) < 4.78 is 5.36. The Bertz CT molecular complexity index is 852. The molecule has 1 heterocycles. The first kappa shape index (κ1) is 13.9. The Labute approximate surface area is 129 Å². The van der Waals surface area contributed by atoms with Crippen molar-refractivity contribution in [1.29, 1.82) is 5.26 Å². The van der Waals surface area contributed by atoms with Crippen LogP contribution in [0.25, 0.3) is 10.9 Å². The molecule has 4 nitrogen and oxygen atoms in total. The van der Waals surface area contributed by atoms with E-state index in [9.17, 15) is 5.26 Å². The molecule has 3 aromatic rings. The summed E-state index contributed by atoms with van der Waals surface area (Å²) in [6, 6.07) is 17.8. The van der Waals surface area contributed by atoms with Gasteiger partial charge in [-0.1, -0.05) is 36.4 Å². The molecule has 2 aromatic carbocycles. The Kier molecular flexibility index (Phi) is 3.88. The van der Waals surface area contributed by atoms with Gasteiger partial charge in [0.2, 0.25) is 0 Å². The predicted molar refractivity (Wildman–Crippen MR) is 86.8 cm³/mol. The van der Waals surface area contributed by atoms with Crippen molar-refractivity contribution < 1.29 is 4.74 Å². The highest BCUT2D eigenvalue weighted by atomic mass is 16.5. The van der Waals surface area contributed by atoms with Gasteiger partial charge in [-0.3, -0.25) is 4.98 Å². The molecular formula is C18H15N3O. The second-order valence-electron chi connectivity index (χ2n) is 4.84. The molecule has 108 valence electrons. The third-order valence-corrected chi connectivity index (χ3v) is 3.54. The zero-order chi connectivity index (χ0) is 15.4. The van der Waals surface area contributed by atoms with Crippen LogP contribution in [0.5, 0.6) is 5.75 Å². The number of anilines is 1. The maximum absolute atomic E-state index is 9.32. The van der Waals surface area contributed by atoms with E-state index in [4.69, 9.17) is 4.74 Å². The number of nitrogens with zero attached hydrogens (tertiary/aromatic N) is 2. The molecule has 0 aliphatic carbocycles. The fourth-order valence-electron chi connectivity index (χ4n) is 2.45. The predicted octanol–water partition coefficient (Wildman–Crippen LogP) is 3.73. The molecule has 0 amide bonds. The first-order chi connectivity index (χ1) is 10.8. The molecule has 0 saturated heterocycles. The zero-order valence-electron chi connectivity index (χ0n) is 12.2. The van der Waals surface area contributed by atoms with Gasteiger partial charge < -0.3 is 10.1 Å². The molecule has 3 rings (SSSR count). The van der Waals surface area contributed by atoms with Crippen molar-refractivity contribution in [2.45, 2.75) is 6.54 Å². The molecule has 0 aliphatic rings. The minimum atomic E-state index is 0.536. The highest BCUT2D eigenvalue weighted by Gasteiger charge is 2.09. The number of pyridine rings is 1. The first-order valence-corrected chi connectivity index (χ1v) is 6.97. The SMILES string of the molecule is COc1ccccc1CNc1c(C#N)cnc2ccccc12. The average molecular weight is 289 g/mol. The third-order valence-electron chi connectivity index (χ3n) is 3.54. The van der Waals surface area contributed by atoms with E-state index < -0.39 is 0 Å². The number of aromatic nitrogens is 1. The van der Waals surface area contributed by atoms with Crippen molar-refractivity contribution in [3.8, 4) is 11.8 Å². The number of ether oxygens (including phenoxy) is 1. The van der Waals surface area contributed by atoms with Crippen molar-refractivity contribution in [2.75, 3.05) is 12.4 Å². The van der Waals surface area contributed by atoms with Gasteiger partial charge in [-0.05, 0) is 12.1 Å². The lowest BCUT2D eigenvalue weighted by atomic mass is 10.1. The van der Waals surface area contributed by atoms with E-state index in [2.05, 4.69) is 16.4 Å². The van der Waals surface area contributed by atoms with E-state index in [1.165, 1.54) is 0 Å². The Balaban J connectivity index is 1.98. The minimum absolute atomic E-state index is 0.536. The Morgan fingerprint density at radius 1 is 1.14 bits per heavy atom. The molecule has 22 heavy (non-hydrogen) atoms. The van der Waals surface area contributed by atoms with E-state index in [1.54, 1.807) is 13.3 Å². The Morgan fingerprint density at radius 2 is 1.91 bits per heavy atom. The van der Waals surface area contributed by atoms with Crippen LogP contribution < -0.4 is 10.1 Å². The monoisotopic (exact) mass is 289 g/mol. The lowest BCUT2D eigenvalue weighted by molar-refractivity contribution is 0.410. The Hall–Kier alpha value is -3.06. The van der Waals surface area contributed by atoms with Crippen LogP contribution in [0.1, 0.15) is 11.1 Å². The number of hydrogen-bond acceptors (Lipinski definition) is 4. The number of benzene rings is 2. The van der Waals surface area contributed by atoms with Gasteiger partial charge >= 0.3 is 0 Å². The van der Waals surface area contributed by atoms with Crippen molar-refractivity contribution in [2.24, 2.45) is 0 Å². The molecule has 0 aliphatic heterocycles. The first-order valence-electron chi connectivity index (χ1n) is 6.97. The van der Waals surface area contributed by atoms with Crippen LogP contribution in [-0.2, 0) is 6.54 Å². The fraction of sp³-hybridized carbons (Fsp3) is 0.111. The molecule has 4 heteroatoms. The molecule has 0 unspecified atom stereocenters. The number of fused-ring (bicyclic) bond motifs is 1. The summed E-state index contributed by atoms with van der Waals surface area (Å²) in [5, 5.41) is 13.6. The molecule has 1 N–H and O–H groups in total. The van der Waals surface area contributed by atoms with Crippen molar-refractivity contribution in [3.05, 3.63) is 65.9 Å². The molecule has 0 atom stereocenters. The van der Waals surface area contributed by atoms with Gasteiger partial charge in [-0.2, -0.15) is 5.26 Å². The topological polar surface area (TPSA) is 57.9 Å². The summed E-state index contributed by atoms with van der Waals surface area (Å²) in [4.78, 5) is 4.31. The standard InChI is InChI=1S/C18H15N3O/c1-22-17-9-5-2-6-13(17)11-21-18-14(10-19)12-20-16-8-4-3-7-15(16)18/h2-9,12H,11H2,1H3,(H,20,21). The summed E-state index contributed by atoms with van der Waals surface area (Å²) in [5.74, 6) is 0.826. The second kappa shape index (κ2) is 6.15. The molecular weight excluding hydrogens is 274 g/mol. The quantitative estimate of drug-likeness (QED) is 0.795. The smallest absolute Gasteiger partial charge is 0.123 e. The van der Waals surface area contributed by atoms with Gasteiger partial charge in [0.15, 0.2) is 0 Å². The number of methoxy groups -OCH3 is 1. The summed E-state index contributed by atoms with van der Waals surface area (Å²) in [6.07, 6.45) is 1.60. The van der Waals surface area contributed by atoms with Crippen LogP contribution in [-0.4, -0.2) is 12.1 Å². The lowest BCUT2D eigenvalue weighted by Crippen LogP contribution is -2.04. The zero-order valence-corrected chi connectivity index (χ0v) is 12.2. The van der Waals surface area contributed by atoms with E-state index in [0.717, 1.165) is 27.9 Å².